The fraction of sp³-hybridized carbons (Fsp3) is 0.294. The first kappa shape index (κ1) is 13.4. The van der Waals surface area contributed by atoms with Gasteiger partial charge >= 0.3 is 0 Å². The van der Waals surface area contributed by atoms with Gasteiger partial charge in [-0.1, -0.05) is 23.4 Å². The molecule has 0 radical (unpaired) electrons. The minimum Gasteiger partial charge on any atom is -0.390 e. The maximum Gasteiger partial charge on any atom is 0.149 e. The van der Waals surface area contributed by atoms with Crippen LogP contribution >= 0.6 is 0 Å². The second-order valence-corrected chi connectivity index (χ2v) is 5.75. The standard InChI is InChI=1S/C17H16FN3O/c18-13-6-4-12(5-7-13)17-15-10-21(11-16(15)22-20-17)9-14-3-1-2-8-19-14/h1-8,15-16H,9-11H2/t15-,16-/m0/s1. The lowest BCUT2D eigenvalue weighted by atomic mass is 9.95. The Hall–Kier alpha value is -2.27. The Bertz CT molecular complexity index is 687. The van der Waals surface area contributed by atoms with Crippen LogP contribution in [0, 0.1) is 11.7 Å². The van der Waals surface area contributed by atoms with Gasteiger partial charge in [0.1, 0.15) is 11.9 Å². The molecule has 1 fully saturated rings. The van der Waals surface area contributed by atoms with E-state index in [2.05, 4.69) is 15.0 Å². The second-order valence-electron chi connectivity index (χ2n) is 5.75. The van der Waals surface area contributed by atoms with Crippen LogP contribution in [0.2, 0.25) is 0 Å². The van der Waals surface area contributed by atoms with Crippen molar-refractivity contribution in [3.05, 3.63) is 65.7 Å². The minimum atomic E-state index is -0.233. The number of oxime groups is 1. The van der Waals surface area contributed by atoms with Gasteiger partial charge in [-0.15, -0.1) is 0 Å². The average molecular weight is 297 g/mol. The van der Waals surface area contributed by atoms with E-state index in [4.69, 9.17) is 4.84 Å². The van der Waals surface area contributed by atoms with E-state index in [1.165, 1.54) is 12.1 Å². The monoisotopic (exact) mass is 297 g/mol. The zero-order valence-electron chi connectivity index (χ0n) is 12.0. The van der Waals surface area contributed by atoms with Crippen LogP contribution in [-0.4, -0.2) is 34.8 Å². The molecule has 0 bridgehead atoms. The summed E-state index contributed by atoms with van der Waals surface area (Å²) >= 11 is 0. The lowest BCUT2D eigenvalue weighted by Gasteiger charge is -2.15. The maximum atomic E-state index is 13.1. The number of aromatic nitrogens is 1. The lowest BCUT2D eigenvalue weighted by molar-refractivity contribution is 0.0744. The van der Waals surface area contributed by atoms with Gasteiger partial charge in [-0.2, -0.15) is 0 Å². The quantitative estimate of drug-likeness (QED) is 0.873. The smallest absolute Gasteiger partial charge is 0.149 e. The highest BCUT2D eigenvalue weighted by molar-refractivity contribution is 6.03. The topological polar surface area (TPSA) is 37.7 Å². The molecule has 0 N–H and O–H groups in total. The third-order valence-electron chi connectivity index (χ3n) is 4.23. The van der Waals surface area contributed by atoms with Crippen molar-refractivity contribution in [1.29, 1.82) is 0 Å². The highest BCUT2D eigenvalue weighted by atomic mass is 19.1. The molecule has 0 aliphatic carbocycles. The number of fused-ring (bicyclic) bond motifs is 1. The Morgan fingerprint density at radius 2 is 2.00 bits per heavy atom. The van der Waals surface area contributed by atoms with Crippen LogP contribution < -0.4 is 0 Å². The van der Waals surface area contributed by atoms with Crippen LogP contribution in [-0.2, 0) is 11.4 Å². The normalized spacial score (nSPS) is 24.0. The summed E-state index contributed by atoms with van der Waals surface area (Å²) in [6.07, 6.45) is 1.90. The second kappa shape index (κ2) is 5.50. The van der Waals surface area contributed by atoms with Crippen molar-refractivity contribution in [1.82, 2.24) is 9.88 Å². The Morgan fingerprint density at radius 3 is 2.77 bits per heavy atom. The van der Waals surface area contributed by atoms with E-state index in [-0.39, 0.29) is 17.8 Å². The molecule has 1 saturated heterocycles. The number of pyridine rings is 1. The van der Waals surface area contributed by atoms with Crippen LogP contribution in [0.5, 0.6) is 0 Å². The predicted molar refractivity (Wildman–Crippen MR) is 80.8 cm³/mol. The highest BCUT2D eigenvalue weighted by Crippen LogP contribution is 2.30. The molecule has 1 aromatic heterocycles. The molecular weight excluding hydrogens is 281 g/mol. The first-order valence-electron chi connectivity index (χ1n) is 7.41. The van der Waals surface area contributed by atoms with Crippen molar-refractivity contribution < 1.29 is 9.23 Å². The van der Waals surface area contributed by atoms with Gasteiger partial charge in [-0.3, -0.25) is 9.88 Å². The number of rotatable bonds is 3. The summed E-state index contributed by atoms with van der Waals surface area (Å²) in [7, 11) is 0. The number of nitrogens with zero attached hydrogens (tertiary/aromatic N) is 3. The number of hydrogen-bond acceptors (Lipinski definition) is 4. The Kier molecular flexibility index (Phi) is 3.35. The zero-order chi connectivity index (χ0) is 14.9. The van der Waals surface area contributed by atoms with Gasteiger partial charge in [-0.05, 0) is 29.8 Å². The Morgan fingerprint density at radius 1 is 1.14 bits per heavy atom. The van der Waals surface area contributed by atoms with E-state index in [0.29, 0.717) is 0 Å². The largest absolute Gasteiger partial charge is 0.390 e. The van der Waals surface area contributed by atoms with Crippen molar-refractivity contribution in [3.8, 4) is 0 Å². The third-order valence-corrected chi connectivity index (χ3v) is 4.23. The first-order valence-corrected chi connectivity index (χ1v) is 7.41. The number of likely N-dealkylation sites (tertiary alicyclic amines) is 1. The van der Waals surface area contributed by atoms with Crippen molar-refractivity contribution in [3.63, 3.8) is 0 Å². The third kappa shape index (κ3) is 2.48. The highest BCUT2D eigenvalue weighted by Gasteiger charge is 2.42. The van der Waals surface area contributed by atoms with Crippen LogP contribution in [0.3, 0.4) is 0 Å². The molecule has 0 saturated carbocycles. The van der Waals surface area contributed by atoms with Crippen LogP contribution in [0.25, 0.3) is 0 Å². The van der Waals surface area contributed by atoms with Crippen molar-refractivity contribution >= 4 is 5.71 Å². The summed E-state index contributed by atoms with van der Waals surface area (Å²) in [6.45, 7) is 2.54. The van der Waals surface area contributed by atoms with Crippen LogP contribution in [0.1, 0.15) is 11.3 Å². The molecule has 2 aromatic rings. The molecule has 4 nitrogen and oxygen atoms in total. The molecule has 0 amide bonds. The molecule has 5 heteroatoms. The van der Waals surface area contributed by atoms with Crippen LogP contribution in [0.15, 0.2) is 53.8 Å². The Labute approximate surface area is 128 Å². The average Bonchev–Trinajstić information content (AvgIpc) is 3.09. The molecular formula is C17H16FN3O. The van der Waals surface area contributed by atoms with E-state index in [0.717, 1.165) is 36.6 Å². The van der Waals surface area contributed by atoms with E-state index in [9.17, 15) is 4.39 Å². The van der Waals surface area contributed by atoms with Gasteiger partial charge in [0.25, 0.3) is 0 Å². The summed E-state index contributed by atoms with van der Waals surface area (Å²) in [5, 5.41) is 4.21. The van der Waals surface area contributed by atoms with Crippen LogP contribution in [0.4, 0.5) is 4.39 Å². The minimum absolute atomic E-state index is 0.0868. The van der Waals surface area contributed by atoms with Crippen molar-refractivity contribution in [2.75, 3.05) is 13.1 Å². The SMILES string of the molecule is Fc1ccc(C2=NO[C@H]3CN(Cc4ccccn4)C[C@H]23)cc1. The molecule has 0 unspecified atom stereocenters. The van der Waals surface area contributed by atoms with Crippen molar-refractivity contribution in [2.45, 2.75) is 12.6 Å². The molecule has 2 aliphatic heterocycles. The maximum absolute atomic E-state index is 13.1. The Balaban J connectivity index is 1.48. The van der Waals surface area contributed by atoms with E-state index in [1.807, 2.05) is 24.4 Å². The summed E-state index contributed by atoms with van der Waals surface area (Å²) in [4.78, 5) is 12.3. The van der Waals surface area contributed by atoms with Gasteiger partial charge in [0.05, 0.1) is 17.3 Å². The molecule has 4 rings (SSSR count). The molecule has 3 heterocycles. The number of benzene rings is 1. The summed E-state index contributed by atoms with van der Waals surface area (Å²) in [5.41, 5.74) is 2.92. The summed E-state index contributed by atoms with van der Waals surface area (Å²) in [5.74, 6) is 0.0113. The van der Waals surface area contributed by atoms with E-state index >= 15 is 0 Å². The van der Waals surface area contributed by atoms with Crippen molar-refractivity contribution in [2.24, 2.45) is 11.1 Å². The summed E-state index contributed by atoms with van der Waals surface area (Å²) in [6, 6.07) is 12.4. The molecule has 112 valence electrons. The van der Waals surface area contributed by atoms with Gasteiger partial charge < -0.3 is 4.84 Å². The van der Waals surface area contributed by atoms with Gasteiger partial charge in [0, 0.05) is 25.8 Å². The number of hydrogen-bond donors (Lipinski definition) is 0. The molecule has 1 aromatic carbocycles. The number of halogens is 1. The van der Waals surface area contributed by atoms with E-state index < -0.39 is 0 Å². The van der Waals surface area contributed by atoms with Gasteiger partial charge in [-0.25, -0.2) is 4.39 Å². The molecule has 0 spiro atoms. The fourth-order valence-corrected chi connectivity index (χ4v) is 3.15. The zero-order valence-corrected chi connectivity index (χ0v) is 12.0. The lowest BCUT2D eigenvalue weighted by Crippen LogP contribution is -2.23. The first-order chi connectivity index (χ1) is 10.8. The van der Waals surface area contributed by atoms with E-state index in [1.54, 1.807) is 12.1 Å². The molecule has 2 aliphatic rings. The molecule has 22 heavy (non-hydrogen) atoms. The molecule has 2 atom stereocenters. The van der Waals surface area contributed by atoms with Gasteiger partial charge in [0.2, 0.25) is 0 Å². The van der Waals surface area contributed by atoms with Gasteiger partial charge in [0.15, 0.2) is 0 Å². The summed E-state index contributed by atoms with van der Waals surface area (Å²) < 4.78 is 13.1. The fourth-order valence-electron chi connectivity index (χ4n) is 3.15. The predicted octanol–water partition coefficient (Wildman–Crippen LogP) is 2.46.